The van der Waals surface area contributed by atoms with Crippen LogP contribution in [-0.4, -0.2) is 28.5 Å². The fourth-order valence-electron chi connectivity index (χ4n) is 1.35. The maximum atomic E-state index is 10.5. The van der Waals surface area contributed by atoms with Crippen LogP contribution in [0.3, 0.4) is 0 Å². The van der Waals surface area contributed by atoms with Crippen LogP contribution in [0.15, 0.2) is 12.3 Å². The molecule has 0 saturated carbocycles. The minimum Gasteiger partial charge on any atom is -0.384 e. The summed E-state index contributed by atoms with van der Waals surface area (Å²) in [6, 6.07) is 1.54. The first kappa shape index (κ1) is 13.1. The molecule has 1 heterocycles. The van der Waals surface area contributed by atoms with Gasteiger partial charge in [-0.25, -0.2) is 0 Å². The number of methoxy groups -OCH3 is 1. The summed E-state index contributed by atoms with van der Waals surface area (Å²) in [5, 5.41) is 10.5. The van der Waals surface area contributed by atoms with Crippen LogP contribution in [0, 0.1) is 17.0 Å². The van der Waals surface area contributed by atoms with Gasteiger partial charge in [-0.15, -0.1) is 0 Å². The summed E-state index contributed by atoms with van der Waals surface area (Å²) in [5.74, 6) is 0. The third-order valence-electron chi connectivity index (χ3n) is 2.15. The van der Waals surface area contributed by atoms with Gasteiger partial charge in [0, 0.05) is 30.1 Å². The van der Waals surface area contributed by atoms with Crippen LogP contribution in [0.1, 0.15) is 11.3 Å². The van der Waals surface area contributed by atoms with E-state index in [1.807, 2.05) is 6.92 Å². The van der Waals surface area contributed by atoms with Gasteiger partial charge < -0.3 is 4.74 Å². The first-order valence-electron chi connectivity index (χ1n) is 4.77. The van der Waals surface area contributed by atoms with E-state index in [1.165, 1.54) is 12.3 Å². The molecule has 0 bridgehead atoms. The smallest absolute Gasteiger partial charge is 0.287 e. The molecule has 1 aromatic rings. The van der Waals surface area contributed by atoms with Crippen molar-refractivity contribution >= 4 is 21.6 Å². The Labute approximate surface area is 102 Å². The lowest BCUT2D eigenvalue weighted by atomic mass is 10.1. The molecule has 1 atom stereocenters. The van der Waals surface area contributed by atoms with E-state index in [0.717, 1.165) is 11.3 Å². The van der Waals surface area contributed by atoms with Gasteiger partial charge in [0.25, 0.3) is 5.69 Å². The van der Waals surface area contributed by atoms with E-state index in [2.05, 4.69) is 20.9 Å². The van der Waals surface area contributed by atoms with Crippen LogP contribution in [0.25, 0.3) is 0 Å². The van der Waals surface area contributed by atoms with Crippen LogP contribution < -0.4 is 0 Å². The van der Waals surface area contributed by atoms with Crippen molar-refractivity contribution in [3.63, 3.8) is 0 Å². The van der Waals surface area contributed by atoms with Crippen molar-refractivity contribution < 1.29 is 9.66 Å². The Balaban J connectivity index is 2.79. The van der Waals surface area contributed by atoms with Crippen molar-refractivity contribution in [3.05, 3.63) is 33.6 Å². The number of pyridine rings is 1. The molecule has 0 saturated heterocycles. The number of hydrogen-bond donors (Lipinski definition) is 0. The first-order valence-corrected chi connectivity index (χ1v) is 5.69. The van der Waals surface area contributed by atoms with Crippen molar-refractivity contribution in [3.8, 4) is 0 Å². The molecule has 0 aliphatic heterocycles. The number of aromatic nitrogens is 1. The standard InChI is InChI=1S/C10H13BrN2O3/c1-7-3-9(13(14)15)5-12-10(7)4-8(11)6-16-2/h3,5,8H,4,6H2,1-2H3. The van der Waals surface area contributed by atoms with E-state index >= 15 is 0 Å². The zero-order valence-corrected chi connectivity index (χ0v) is 10.7. The molecule has 0 aliphatic rings. The van der Waals surface area contributed by atoms with Crippen LogP contribution in [0.2, 0.25) is 0 Å². The van der Waals surface area contributed by atoms with Crippen molar-refractivity contribution in [1.29, 1.82) is 0 Å². The predicted octanol–water partition coefficient (Wildman–Crippen LogP) is 2.25. The number of rotatable bonds is 5. The molecule has 0 aromatic carbocycles. The Morgan fingerprint density at radius 2 is 2.38 bits per heavy atom. The lowest BCUT2D eigenvalue weighted by molar-refractivity contribution is -0.385. The lowest BCUT2D eigenvalue weighted by Gasteiger charge is -2.09. The van der Waals surface area contributed by atoms with Gasteiger partial charge in [0.05, 0.1) is 11.5 Å². The second-order valence-corrected chi connectivity index (χ2v) is 4.77. The molecule has 6 heteroatoms. The summed E-state index contributed by atoms with van der Waals surface area (Å²) in [7, 11) is 1.63. The number of alkyl halides is 1. The highest BCUT2D eigenvalue weighted by molar-refractivity contribution is 9.09. The fourth-order valence-corrected chi connectivity index (χ4v) is 1.92. The maximum Gasteiger partial charge on any atom is 0.287 e. The Morgan fingerprint density at radius 3 is 2.88 bits per heavy atom. The van der Waals surface area contributed by atoms with E-state index in [9.17, 15) is 10.1 Å². The van der Waals surface area contributed by atoms with E-state index in [1.54, 1.807) is 7.11 Å². The molecule has 0 radical (unpaired) electrons. The van der Waals surface area contributed by atoms with Gasteiger partial charge in [0.15, 0.2) is 0 Å². The molecule has 0 N–H and O–H groups in total. The Morgan fingerprint density at radius 1 is 1.69 bits per heavy atom. The second kappa shape index (κ2) is 5.91. The summed E-state index contributed by atoms with van der Waals surface area (Å²) >= 11 is 3.46. The molecule has 1 unspecified atom stereocenters. The van der Waals surface area contributed by atoms with Gasteiger partial charge >= 0.3 is 0 Å². The average Bonchev–Trinajstić information content (AvgIpc) is 2.21. The third-order valence-corrected chi connectivity index (χ3v) is 2.73. The second-order valence-electron chi connectivity index (χ2n) is 3.47. The topological polar surface area (TPSA) is 65.3 Å². The minimum atomic E-state index is -0.440. The Kier molecular flexibility index (Phi) is 4.82. The van der Waals surface area contributed by atoms with Gasteiger partial charge in [-0.1, -0.05) is 15.9 Å². The van der Waals surface area contributed by atoms with Gasteiger partial charge in [-0.3, -0.25) is 15.1 Å². The molecule has 5 nitrogen and oxygen atoms in total. The van der Waals surface area contributed by atoms with Crippen LogP contribution in [0.5, 0.6) is 0 Å². The molecule has 0 fully saturated rings. The molecular formula is C10H13BrN2O3. The quantitative estimate of drug-likeness (QED) is 0.474. The summed E-state index contributed by atoms with van der Waals surface area (Å²) in [6.07, 6.45) is 1.98. The van der Waals surface area contributed by atoms with Crippen LogP contribution in [-0.2, 0) is 11.2 Å². The van der Waals surface area contributed by atoms with Gasteiger partial charge in [0.1, 0.15) is 6.20 Å². The molecule has 0 amide bonds. The van der Waals surface area contributed by atoms with E-state index < -0.39 is 4.92 Å². The summed E-state index contributed by atoms with van der Waals surface area (Å²) in [4.78, 5) is 14.4. The fraction of sp³-hybridized carbons (Fsp3) is 0.500. The number of hydrogen-bond acceptors (Lipinski definition) is 4. The molecule has 88 valence electrons. The molecule has 0 aliphatic carbocycles. The zero-order chi connectivity index (χ0) is 12.1. The van der Waals surface area contributed by atoms with E-state index in [0.29, 0.717) is 13.0 Å². The molecule has 16 heavy (non-hydrogen) atoms. The third kappa shape index (κ3) is 3.53. The summed E-state index contributed by atoms with van der Waals surface area (Å²) < 4.78 is 4.99. The van der Waals surface area contributed by atoms with E-state index in [-0.39, 0.29) is 10.5 Å². The lowest BCUT2D eigenvalue weighted by Crippen LogP contribution is -2.12. The normalized spacial score (nSPS) is 12.4. The number of nitro groups is 1. The summed E-state index contributed by atoms with van der Waals surface area (Å²) in [6.45, 7) is 2.40. The van der Waals surface area contributed by atoms with Crippen molar-refractivity contribution in [2.24, 2.45) is 0 Å². The minimum absolute atomic E-state index is 0.0270. The van der Waals surface area contributed by atoms with Crippen molar-refractivity contribution in [2.75, 3.05) is 13.7 Å². The van der Waals surface area contributed by atoms with Crippen LogP contribution >= 0.6 is 15.9 Å². The first-order chi connectivity index (χ1) is 7.54. The zero-order valence-electron chi connectivity index (χ0n) is 9.14. The largest absolute Gasteiger partial charge is 0.384 e. The maximum absolute atomic E-state index is 10.5. The number of ether oxygens (including phenoxy) is 1. The highest BCUT2D eigenvalue weighted by Gasteiger charge is 2.12. The average molecular weight is 289 g/mol. The molecule has 1 aromatic heterocycles. The predicted molar refractivity (Wildman–Crippen MR) is 63.9 cm³/mol. The Bertz CT molecular complexity index is 384. The Hall–Kier alpha value is -1.01. The SMILES string of the molecule is COCC(Br)Cc1ncc([N+](=O)[O-])cc1C. The van der Waals surface area contributed by atoms with E-state index in [4.69, 9.17) is 4.74 Å². The molecule has 1 rings (SSSR count). The van der Waals surface area contributed by atoms with Gasteiger partial charge in [-0.05, 0) is 12.5 Å². The van der Waals surface area contributed by atoms with Crippen molar-refractivity contribution in [1.82, 2.24) is 4.98 Å². The monoisotopic (exact) mass is 288 g/mol. The van der Waals surface area contributed by atoms with Crippen LogP contribution in [0.4, 0.5) is 5.69 Å². The highest BCUT2D eigenvalue weighted by Crippen LogP contribution is 2.17. The van der Waals surface area contributed by atoms with Gasteiger partial charge in [0.2, 0.25) is 0 Å². The number of aryl methyl sites for hydroxylation is 1. The van der Waals surface area contributed by atoms with Crippen molar-refractivity contribution in [2.45, 2.75) is 18.2 Å². The highest BCUT2D eigenvalue weighted by atomic mass is 79.9. The number of nitrogens with zero attached hydrogens (tertiary/aromatic N) is 2. The molecule has 0 spiro atoms. The number of halogens is 1. The van der Waals surface area contributed by atoms with Gasteiger partial charge in [-0.2, -0.15) is 0 Å². The summed E-state index contributed by atoms with van der Waals surface area (Å²) in [5.41, 5.74) is 1.71. The molecular weight excluding hydrogens is 276 g/mol.